The number of hydrogen-bond acceptors (Lipinski definition) is 3. The molecule has 0 aliphatic carbocycles. The third kappa shape index (κ3) is 4.93. The highest BCUT2D eigenvalue weighted by Crippen LogP contribution is 1.98. The van der Waals surface area contributed by atoms with Crippen molar-refractivity contribution in [2.45, 2.75) is 33.4 Å². The van der Waals surface area contributed by atoms with Crippen molar-refractivity contribution >= 4 is 5.91 Å². The van der Waals surface area contributed by atoms with Crippen LogP contribution in [0.2, 0.25) is 0 Å². The molecular weight excluding hydrogens is 204 g/mol. The van der Waals surface area contributed by atoms with Gasteiger partial charge in [-0.05, 0) is 12.5 Å². The molecule has 0 aromatic carbocycles. The van der Waals surface area contributed by atoms with Crippen molar-refractivity contribution in [3.63, 3.8) is 0 Å². The lowest BCUT2D eigenvalue weighted by molar-refractivity contribution is -0.118. The van der Waals surface area contributed by atoms with E-state index < -0.39 is 0 Å². The van der Waals surface area contributed by atoms with Crippen molar-refractivity contribution in [1.29, 1.82) is 0 Å². The van der Waals surface area contributed by atoms with E-state index in [-0.39, 0.29) is 5.91 Å². The molecule has 0 aliphatic heterocycles. The summed E-state index contributed by atoms with van der Waals surface area (Å²) >= 11 is 0. The first kappa shape index (κ1) is 12.7. The van der Waals surface area contributed by atoms with Crippen LogP contribution in [0.25, 0.3) is 0 Å². The molecule has 0 bridgehead atoms. The largest absolute Gasteiger partial charge is 0.370 e. The van der Waals surface area contributed by atoms with Gasteiger partial charge in [0.25, 0.3) is 0 Å². The fraction of sp³-hybridized carbons (Fsp3) is 0.636. The average Bonchev–Trinajstić information content (AvgIpc) is 2.62. The number of rotatable bonds is 7. The summed E-state index contributed by atoms with van der Waals surface area (Å²) in [6, 6.07) is 0. The summed E-state index contributed by atoms with van der Waals surface area (Å²) in [6.45, 7) is 6.68. The molecule has 0 atom stereocenters. The molecule has 1 amide bonds. The molecule has 16 heavy (non-hydrogen) atoms. The van der Waals surface area contributed by atoms with Gasteiger partial charge in [-0.25, -0.2) is 4.98 Å². The fourth-order valence-corrected chi connectivity index (χ4v) is 1.35. The van der Waals surface area contributed by atoms with Crippen LogP contribution in [0.3, 0.4) is 0 Å². The Hall–Kier alpha value is -1.36. The zero-order valence-corrected chi connectivity index (χ0v) is 9.94. The summed E-state index contributed by atoms with van der Waals surface area (Å²) in [5.41, 5.74) is 6.07. The molecule has 0 radical (unpaired) electrons. The summed E-state index contributed by atoms with van der Waals surface area (Å²) < 4.78 is 1.89. The third-order valence-electron chi connectivity index (χ3n) is 2.16. The maximum atomic E-state index is 10.6. The van der Waals surface area contributed by atoms with Crippen LogP contribution in [0.1, 0.15) is 26.0 Å². The minimum absolute atomic E-state index is 0.284. The molecule has 1 heterocycles. The average molecular weight is 224 g/mol. The van der Waals surface area contributed by atoms with E-state index >= 15 is 0 Å². The Labute approximate surface area is 96.0 Å². The fourth-order valence-electron chi connectivity index (χ4n) is 1.35. The number of hydrogen-bond donors (Lipinski definition) is 2. The highest BCUT2D eigenvalue weighted by molar-refractivity contribution is 5.73. The Morgan fingerprint density at radius 3 is 3.00 bits per heavy atom. The molecule has 0 fully saturated rings. The topological polar surface area (TPSA) is 72.9 Å². The SMILES string of the molecule is CC(C)CNCc1cn(CCC(N)=O)cn1. The molecule has 90 valence electrons. The number of nitrogens with one attached hydrogen (secondary N) is 1. The van der Waals surface area contributed by atoms with Crippen LogP contribution < -0.4 is 11.1 Å². The summed E-state index contributed by atoms with van der Waals surface area (Å²) in [4.78, 5) is 14.8. The van der Waals surface area contributed by atoms with Crippen LogP contribution in [-0.4, -0.2) is 22.0 Å². The van der Waals surface area contributed by atoms with E-state index in [1.54, 1.807) is 6.33 Å². The van der Waals surface area contributed by atoms with Gasteiger partial charge in [0.05, 0.1) is 12.0 Å². The van der Waals surface area contributed by atoms with Crippen molar-refractivity contribution in [3.8, 4) is 0 Å². The van der Waals surface area contributed by atoms with Crippen molar-refractivity contribution in [2.75, 3.05) is 6.54 Å². The number of carbonyl (C=O) groups is 1. The molecule has 1 rings (SSSR count). The lowest BCUT2D eigenvalue weighted by Crippen LogP contribution is -2.19. The van der Waals surface area contributed by atoms with E-state index in [9.17, 15) is 4.79 Å². The second-order valence-electron chi connectivity index (χ2n) is 4.34. The number of carbonyl (C=O) groups excluding carboxylic acids is 1. The zero-order valence-electron chi connectivity index (χ0n) is 9.94. The van der Waals surface area contributed by atoms with Gasteiger partial charge in [-0.15, -0.1) is 0 Å². The second kappa shape index (κ2) is 6.27. The maximum absolute atomic E-state index is 10.6. The van der Waals surface area contributed by atoms with Crippen LogP contribution in [0.15, 0.2) is 12.5 Å². The van der Waals surface area contributed by atoms with Crippen LogP contribution >= 0.6 is 0 Å². The Morgan fingerprint density at radius 1 is 1.62 bits per heavy atom. The van der Waals surface area contributed by atoms with Gasteiger partial charge < -0.3 is 15.6 Å². The Kier molecular flexibility index (Phi) is 4.98. The van der Waals surface area contributed by atoms with Crippen molar-refractivity contribution in [3.05, 3.63) is 18.2 Å². The Morgan fingerprint density at radius 2 is 2.38 bits per heavy atom. The molecule has 0 unspecified atom stereocenters. The van der Waals surface area contributed by atoms with Gasteiger partial charge in [0.15, 0.2) is 0 Å². The van der Waals surface area contributed by atoms with Gasteiger partial charge in [0, 0.05) is 25.7 Å². The second-order valence-corrected chi connectivity index (χ2v) is 4.34. The number of nitrogens with zero attached hydrogens (tertiary/aromatic N) is 2. The molecule has 0 spiro atoms. The van der Waals surface area contributed by atoms with Gasteiger partial charge >= 0.3 is 0 Å². The summed E-state index contributed by atoms with van der Waals surface area (Å²) in [5.74, 6) is 0.352. The normalized spacial score (nSPS) is 10.9. The molecule has 1 aromatic rings. The lowest BCUT2D eigenvalue weighted by Gasteiger charge is -2.04. The van der Waals surface area contributed by atoms with Crippen LogP contribution in [0, 0.1) is 5.92 Å². The van der Waals surface area contributed by atoms with Gasteiger partial charge in [-0.2, -0.15) is 0 Å². The number of imidazole rings is 1. The van der Waals surface area contributed by atoms with E-state index in [0.29, 0.717) is 18.9 Å². The predicted molar refractivity (Wildman–Crippen MR) is 62.6 cm³/mol. The predicted octanol–water partition coefficient (Wildman–Crippen LogP) is 0.504. The molecule has 3 N–H and O–H groups in total. The highest BCUT2D eigenvalue weighted by Gasteiger charge is 2.00. The van der Waals surface area contributed by atoms with Gasteiger partial charge in [-0.1, -0.05) is 13.8 Å². The van der Waals surface area contributed by atoms with E-state index in [4.69, 9.17) is 5.73 Å². The standard InChI is InChI=1S/C11H20N4O/c1-9(2)5-13-6-10-7-15(8-14-10)4-3-11(12)16/h7-9,13H,3-6H2,1-2H3,(H2,12,16). The number of primary amides is 1. The van der Waals surface area contributed by atoms with Crippen molar-refractivity contribution < 1.29 is 4.79 Å². The quantitative estimate of drug-likeness (QED) is 0.708. The number of aromatic nitrogens is 2. The minimum atomic E-state index is -0.284. The van der Waals surface area contributed by atoms with Gasteiger partial charge in [0.2, 0.25) is 5.91 Å². The summed E-state index contributed by atoms with van der Waals surface area (Å²) in [6.07, 6.45) is 4.03. The van der Waals surface area contributed by atoms with Crippen LogP contribution in [0.4, 0.5) is 0 Å². The number of nitrogens with two attached hydrogens (primary N) is 1. The minimum Gasteiger partial charge on any atom is -0.370 e. The number of amides is 1. The van der Waals surface area contributed by atoms with Crippen LogP contribution in [0.5, 0.6) is 0 Å². The Bertz CT molecular complexity index is 332. The lowest BCUT2D eigenvalue weighted by atomic mass is 10.2. The molecule has 5 nitrogen and oxygen atoms in total. The molecule has 0 saturated heterocycles. The smallest absolute Gasteiger partial charge is 0.219 e. The van der Waals surface area contributed by atoms with Gasteiger partial charge in [0.1, 0.15) is 0 Å². The van der Waals surface area contributed by atoms with Gasteiger partial charge in [-0.3, -0.25) is 4.79 Å². The van der Waals surface area contributed by atoms with Crippen LogP contribution in [-0.2, 0) is 17.9 Å². The monoisotopic (exact) mass is 224 g/mol. The summed E-state index contributed by atoms with van der Waals surface area (Å²) in [5, 5.41) is 3.31. The first-order valence-electron chi connectivity index (χ1n) is 5.57. The van der Waals surface area contributed by atoms with Crippen molar-refractivity contribution in [2.24, 2.45) is 11.7 Å². The van der Waals surface area contributed by atoms with Crippen molar-refractivity contribution in [1.82, 2.24) is 14.9 Å². The Balaban J connectivity index is 2.30. The first-order valence-corrected chi connectivity index (χ1v) is 5.57. The first-order chi connectivity index (χ1) is 7.58. The molecule has 0 aliphatic rings. The molecule has 5 heteroatoms. The van der Waals surface area contributed by atoms with E-state index in [1.807, 2.05) is 10.8 Å². The maximum Gasteiger partial charge on any atom is 0.219 e. The third-order valence-corrected chi connectivity index (χ3v) is 2.16. The van der Waals surface area contributed by atoms with E-state index in [2.05, 4.69) is 24.1 Å². The molecule has 1 aromatic heterocycles. The van der Waals surface area contributed by atoms with E-state index in [0.717, 1.165) is 18.8 Å². The highest BCUT2D eigenvalue weighted by atomic mass is 16.1. The number of aryl methyl sites for hydroxylation is 1. The molecule has 0 saturated carbocycles. The summed E-state index contributed by atoms with van der Waals surface area (Å²) in [7, 11) is 0. The zero-order chi connectivity index (χ0) is 12.0. The van der Waals surface area contributed by atoms with E-state index in [1.165, 1.54) is 0 Å². The molecular formula is C11H20N4O.